The minimum Gasteiger partial charge on any atom is -0.384 e. The van der Waals surface area contributed by atoms with E-state index in [1.54, 1.807) is 36.3 Å². The zero-order valence-corrected chi connectivity index (χ0v) is 14.4. The summed E-state index contributed by atoms with van der Waals surface area (Å²) in [7, 11) is 1.60. The maximum absolute atomic E-state index is 12.5. The van der Waals surface area contributed by atoms with Gasteiger partial charge >= 0.3 is 0 Å². The Morgan fingerprint density at radius 2 is 1.74 bits per heavy atom. The SMILES string of the molecule is COCC(C)C(=O)N1CCCN(C(=O)c2ccc(Cl)cc2)CC1. The zero-order chi connectivity index (χ0) is 16.8. The zero-order valence-electron chi connectivity index (χ0n) is 13.6. The van der Waals surface area contributed by atoms with Gasteiger partial charge in [-0.2, -0.15) is 0 Å². The van der Waals surface area contributed by atoms with E-state index in [9.17, 15) is 9.59 Å². The van der Waals surface area contributed by atoms with Crippen molar-refractivity contribution in [3.05, 3.63) is 34.9 Å². The van der Waals surface area contributed by atoms with Crippen LogP contribution in [0.25, 0.3) is 0 Å². The van der Waals surface area contributed by atoms with Crippen molar-refractivity contribution in [2.45, 2.75) is 13.3 Å². The van der Waals surface area contributed by atoms with E-state index in [1.165, 1.54) is 0 Å². The molecule has 2 amide bonds. The van der Waals surface area contributed by atoms with Gasteiger partial charge in [0.1, 0.15) is 0 Å². The number of amides is 2. The van der Waals surface area contributed by atoms with E-state index in [0.29, 0.717) is 43.4 Å². The van der Waals surface area contributed by atoms with Crippen LogP contribution in [0.4, 0.5) is 0 Å². The van der Waals surface area contributed by atoms with Gasteiger partial charge in [-0.1, -0.05) is 18.5 Å². The molecule has 0 radical (unpaired) electrons. The first-order valence-electron chi connectivity index (χ1n) is 7.85. The molecule has 0 aliphatic carbocycles. The molecule has 0 saturated carbocycles. The third-order valence-electron chi connectivity index (χ3n) is 4.02. The van der Waals surface area contributed by atoms with E-state index in [1.807, 2.05) is 11.8 Å². The van der Waals surface area contributed by atoms with Crippen LogP contribution >= 0.6 is 11.6 Å². The number of methoxy groups -OCH3 is 1. The van der Waals surface area contributed by atoms with Crippen LogP contribution < -0.4 is 0 Å². The van der Waals surface area contributed by atoms with E-state index in [2.05, 4.69) is 0 Å². The molecule has 0 bridgehead atoms. The summed E-state index contributed by atoms with van der Waals surface area (Å²) >= 11 is 5.86. The second-order valence-electron chi connectivity index (χ2n) is 5.83. The number of ether oxygens (including phenoxy) is 1. The lowest BCUT2D eigenvalue weighted by Crippen LogP contribution is -2.40. The van der Waals surface area contributed by atoms with Gasteiger partial charge in [0.25, 0.3) is 5.91 Å². The number of hydrogen-bond acceptors (Lipinski definition) is 3. The highest BCUT2D eigenvalue weighted by atomic mass is 35.5. The van der Waals surface area contributed by atoms with Crippen molar-refractivity contribution in [2.75, 3.05) is 39.9 Å². The number of hydrogen-bond donors (Lipinski definition) is 0. The molecule has 6 heteroatoms. The number of halogens is 1. The molecule has 0 aromatic heterocycles. The average Bonchev–Trinajstić information content (AvgIpc) is 2.80. The van der Waals surface area contributed by atoms with E-state index < -0.39 is 0 Å². The van der Waals surface area contributed by atoms with Gasteiger partial charge in [-0.25, -0.2) is 0 Å². The van der Waals surface area contributed by atoms with Crippen molar-refractivity contribution in [2.24, 2.45) is 5.92 Å². The fourth-order valence-electron chi connectivity index (χ4n) is 2.75. The molecule has 5 nitrogen and oxygen atoms in total. The van der Waals surface area contributed by atoms with Gasteiger partial charge in [-0.05, 0) is 30.7 Å². The first-order valence-corrected chi connectivity index (χ1v) is 8.23. The molecular formula is C17H23ClN2O3. The Hall–Kier alpha value is -1.59. The number of benzene rings is 1. The van der Waals surface area contributed by atoms with Gasteiger partial charge in [0.05, 0.1) is 12.5 Å². The average molecular weight is 339 g/mol. The lowest BCUT2D eigenvalue weighted by atomic mass is 10.1. The summed E-state index contributed by atoms with van der Waals surface area (Å²) in [5, 5.41) is 0.612. The van der Waals surface area contributed by atoms with Crippen molar-refractivity contribution < 1.29 is 14.3 Å². The molecule has 0 spiro atoms. The number of carbonyl (C=O) groups is 2. The van der Waals surface area contributed by atoms with Crippen molar-refractivity contribution >= 4 is 23.4 Å². The molecule has 1 saturated heterocycles. The molecule has 1 aromatic carbocycles. The number of nitrogens with zero attached hydrogens (tertiary/aromatic N) is 2. The molecule has 2 rings (SSSR count). The van der Waals surface area contributed by atoms with E-state index in [-0.39, 0.29) is 17.7 Å². The molecule has 1 heterocycles. The smallest absolute Gasteiger partial charge is 0.253 e. The van der Waals surface area contributed by atoms with Crippen molar-refractivity contribution in [1.82, 2.24) is 9.80 Å². The predicted octanol–water partition coefficient (Wildman–Crippen LogP) is 2.30. The van der Waals surface area contributed by atoms with Crippen LogP contribution in [-0.4, -0.2) is 61.5 Å². The Morgan fingerprint density at radius 1 is 1.13 bits per heavy atom. The van der Waals surface area contributed by atoms with Crippen LogP contribution in [0.2, 0.25) is 5.02 Å². The first kappa shape index (κ1) is 17.8. The summed E-state index contributed by atoms with van der Waals surface area (Å²) in [4.78, 5) is 28.5. The minimum atomic E-state index is -0.154. The van der Waals surface area contributed by atoms with Crippen molar-refractivity contribution in [3.63, 3.8) is 0 Å². The van der Waals surface area contributed by atoms with Crippen LogP contribution in [0.1, 0.15) is 23.7 Å². The predicted molar refractivity (Wildman–Crippen MR) is 89.6 cm³/mol. The highest BCUT2D eigenvalue weighted by molar-refractivity contribution is 6.30. The van der Waals surface area contributed by atoms with Gasteiger partial charge in [0.2, 0.25) is 5.91 Å². The second-order valence-corrected chi connectivity index (χ2v) is 6.27. The highest BCUT2D eigenvalue weighted by Gasteiger charge is 2.25. The van der Waals surface area contributed by atoms with E-state index in [0.717, 1.165) is 6.42 Å². The summed E-state index contributed by atoms with van der Waals surface area (Å²) in [6.45, 7) is 4.73. The first-order chi connectivity index (χ1) is 11.0. The molecular weight excluding hydrogens is 316 g/mol. The van der Waals surface area contributed by atoms with Crippen LogP contribution in [-0.2, 0) is 9.53 Å². The molecule has 1 fully saturated rings. The van der Waals surface area contributed by atoms with Crippen LogP contribution in [0.5, 0.6) is 0 Å². The molecule has 126 valence electrons. The molecule has 1 aromatic rings. The van der Waals surface area contributed by atoms with Gasteiger partial charge in [0.15, 0.2) is 0 Å². The second kappa shape index (κ2) is 8.31. The van der Waals surface area contributed by atoms with Gasteiger partial charge in [-0.15, -0.1) is 0 Å². The highest BCUT2D eigenvalue weighted by Crippen LogP contribution is 2.14. The molecule has 23 heavy (non-hydrogen) atoms. The van der Waals surface area contributed by atoms with Gasteiger partial charge in [-0.3, -0.25) is 9.59 Å². The Morgan fingerprint density at radius 3 is 2.39 bits per heavy atom. The summed E-state index contributed by atoms with van der Waals surface area (Å²) in [6, 6.07) is 6.90. The van der Waals surface area contributed by atoms with Crippen LogP contribution in [0, 0.1) is 5.92 Å². The van der Waals surface area contributed by atoms with Crippen LogP contribution in [0.15, 0.2) is 24.3 Å². The Bertz CT molecular complexity index is 547. The molecule has 1 aliphatic rings. The molecule has 1 atom stereocenters. The Balaban J connectivity index is 1.96. The summed E-state index contributed by atoms with van der Waals surface area (Å²) < 4.78 is 5.05. The topological polar surface area (TPSA) is 49.9 Å². The molecule has 1 unspecified atom stereocenters. The number of rotatable bonds is 4. The Kier molecular flexibility index (Phi) is 6.42. The fraction of sp³-hybridized carbons (Fsp3) is 0.529. The lowest BCUT2D eigenvalue weighted by Gasteiger charge is -2.24. The maximum Gasteiger partial charge on any atom is 0.253 e. The normalized spacial score (nSPS) is 16.8. The summed E-state index contributed by atoms with van der Waals surface area (Å²) in [5.41, 5.74) is 0.627. The third kappa shape index (κ3) is 4.69. The monoisotopic (exact) mass is 338 g/mol. The van der Waals surface area contributed by atoms with Gasteiger partial charge < -0.3 is 14.5 Å². The van der Waals surface area contributed by atoms with Crippen LogP contribution in [0.3, 0.4) is 0 Å². The molecule has 1 aliphatic heterocycles. The summed E-state index contributed by atoms with van der Waals surface area (Å²) in [5.74, 6) is -0.0768. The van der Waals surface area contributed by atoms with E-state index >= 15 is 0 Å². The largest absolute Gasteiger partial charge is 0.384 e. The Labute approximate surface area is 142 Å². The fourth-order valence-corrected chi connectivity index (χ4v) is 2.87. The van der Waals surface area contributed by atoms with E-state index in [4.69, 9.17) is 16.3 Å². The van der Waals surface area contributed by atoms with Gasteiger partial charge in [0, 0.05) is 43.9 Å². The molecule has 0 N–H and O–H groups in total. The minimum absolute atomic E-state index is 0.0131. The van der Waals surface area contributed by atoms with Crippen molar-refractivity contribution in [3.8, 4) is 0 Å². The standard InChI is InChI=1S/C17H23ClN2O3/c1-13(12-23-2)16(21)19-8-3-9-20(11-10-19)17(22)14-4-6-15(18)7-5-14/h4-7,13H,3,8-12H2,1-2H3. The third-order valence-corrected chi connectivity index (χ3v) is 4.28. The number of carbonyl (C=O) groups excluding carboxylic acids is 2. The quantitative estimate of drug-likeness (QED) is 0.846. The van der Waals surface area contributed by atoms with Crippen molar-refractivity contribution in [1.29, 1.82) is 0 Å². The lowest BCUT2D eigenvalue weighted by molar-refractivity contribution is -0.136. The maximum atomic E-state index is 12.5. The summed E-state index contributed by atoms with van der Waals surface area (Å²) in [6.07, 6.45) is 0.783.